The van der Waals surface area contributed by atoms with Gasteiger partial charge in [-0.25, -0.2) is 0 Å². The smallest absolute Gasteiger partial charge is 0.224 e. The highest BCUT2D eigenvalue weighted by molar-refractivity contribution is 5.78. The van der Waals surface area contributed by atoms with E-state index >= 15 is 0 Å². The molecule has 2 N–H and O–H groups in total. The molecule has 0 saturated carbocycles. The number of benzene rings is 1. The number of carbonyl (C=O) groups is 1. The van der Waals surface area contributed by atoms with Gasteiger partial charge in [0, 0.05) is 12.6 Å². The summed E-state index contributed by atoms with van der Waals surface area (Å²) in [6.45, 7) is 8.38. The van der Waals surface area contributed by atoms with Crippen LogP contribution in [-0.4, -0.2) is 25.0 Å². The molecule has 2 rings (SSSR count). The van der Waals surface area contributed by atoms with Crippen LogP contribution in [0.25, 0.3) is 0 Å². The lowest BCUT2D eigenvalue weighted by atomic mass is 9.77. The number of piperidine rings is 1. The number of rotatable bonds is 4. The standard InChI is InChI=1S/C17H26N2O/c1-13-7-4-5-8-14(13)11-16(20)19-12-15-17(2,3)9-6-10-18-15/h4-5,7-8,15,18H,6,9-12H2,1-3H3,(H,19,20). The summed E-state index contributed by atoms with van der Waals surface area (Å²) in [6.07, 6.45) is 2.92. The highest BCUT2D eigenvalue weighted by atomic mass is 16.1. The summed E-state index contributed by atoms with van der Waals surface area (Å²) < 4.78 is 0. The van der Waals surface area contributed by atoms with Crippen molar-refractivity contribution in [1.82, 2.24) is 10.6 Å². The Bertz CT molecular complexity index is 468. The van der Waals surface area contributed by atoms with Crippen LogP contribution in [0.2, 0.25) is 0 Å². The van der Waals surface area contributed by atoms with E-state index in [0.29, 0.717) is 12.5 Å². The quantitative estimate of drug-likeness (QED) is 0.885. The molecule has 3 nitrogen and oxygen atoms in total. The summed E-state index contributed by atoms with van der Waals surface area (Å²) in [7, 11) is 0. The van der Waals surface area contributed by atoms with E-state index in [1.54, 1.807) is 0 Å². The second-order valence-corrected chi connectivity index (χ2v) is 6.51. The normalized spacial score (nSPS) is 21.4. The predicted octanol–water partition coefficient (Wildman–Crippen LogP) is 2.43. The molecule has 1 aromatic rings. The Morgan fingerprint density at radius 3 is 2.85 bits per heavy atom. The average Bonchev–Trinajstić information content (AvgIpc) is 2.40. The van der Waals surface area contributed by atoms with Gasteiger partial charge in [-0.2, -0.15) is 0 Å². The zero-order chi connectivity index (χ0) is 14.6. The van der Waals surface area contributed by atoms with Crippen molar-refractivity contribution in [2.75, 3.05) is 13.1 Å². The van der Waals surface area contributed by atoms with Crippen molar-refractivity contribution in [2.45, 2.75) is 46.1 Å². The molecule has 1 atom stereocenters. The van der Waals surface area contributed by atoms with Crippen LogP contribution in [0.15, 0.2) is 24.3 Å². The Hall–Kier alpha value is -1.35. The van der Waals surface area contributed by atoms with Crippen LogP contribution in [0.3, 0.4) is 0 Å². The predicted molar refractivity (Wildman–Crippen MR) is 82.7 cm³/mol. The zero-order valence-electron chi connectivity index (χ0n) is 12.8. The van der Waals surface area contributed by atoms with Gasteiger partial charge in [-0.05, 0) is 42.9 Å². The van der Waals surface area contributed by atoms with Crippen molar-refractivity contribution in [3.05, 3.63) is 35.4 Å². The minimum absolute atomic E-state index is 0.113. The second kappa shape index (κ2) is 6.40. The molecule has 1 unspecified atom stereocenters. The Balaban J connectivity index is 1.85. The molecule has 20 heavy (non-hydrogen) atoms. The molecule has 1 fully saturated rings. The third-order valence-electron chi connectivity index (χ3n) is 4.45. The van der Waals surface area contributed by atoms with E-state index in [-0.39, 0.29) is 11.3 Å². The van der Waals surface area contributed by atoms with Crippen LogP contribution in [0.5, 0.6) is 0 Å². The molecule has 1 aliphatic rings. The van der Waals surface area contributed by atoms with Crippen molar-refractivity contribution >= 4 is 5.91 Å². The Morgan fingerprint density at radius 2 is 2.15 bits per heavy atom. The fourth-order valence-electron chi connectivity index (χ4n) is 2.88. The van der Waals surface area contributed by atoms with Crippen LogP contribution in [-0.2, 0) is 11.2 Å². The molecule has 0 aromatic heterocycles. The van der Waals surface area contributed by atoms with E-state index < -0.39 is 0 Å². The molecule has 1 saturated heterocycles. The Kier molecular flexibility index (Phi) is 4.81. The largest absolute Gasteiger partial charge is 0.354 e. The number of carbonyl (C=O) groups excluding carboxylic acids is 1. The molecular formula is C17H26N2O. The van der Waals surface area contributed by atoms with E-state index in [0.717, 1.165) is 18.7 Å². The van der Waals surface area contributed by atoms with Crippen molar-refractivity contribution < 1.29 is 4.79 Å². The number of nitrogens with one attached hydrogen (secondary N) is 2. The van der Waals surface area contributed by atoms with Gasteiger partial charge in [0.25, 0.3) is 0 Å². The summed E-state index contributed by atoms with van der Waals surface area (Å²) >= 11 is 0. The van der Waals surface area contributed by atoms with E-state index in [1.165, 1.54) is 18.4 Å². The summed E-state index contributed by atoms with van der Waals surface area (Å²) in [6, 6.07) is 8.44. The van der Waals surface area contributed by atoms with Crippen molar-refractivity contribution in [3.8, 4) is 0 Å². The molecule has 1 heterocycles. The minimum atomic E-state index is 0.113. The van der Waals surface area contributed by atoms with Gasteiger partial charge in [0.2, 0.25) is 5.91 Å². The van der Waals surface area contributed by atoms with Crippen molar-refractivity contribution in [3.63, 3.8) is 0 Å². The lowest BCUT2D eigenvalue weighted by Crippen LogP contribution is -2.53. The van der Waals surface area contributed by atoms with Gasteiger partial charge >= 0.3 is 0 Å². The molecule has 1 aromatic carbocycles. The van der Waals surface area contributed by atoms with E-state index in [1.807, 2.05) is 18.2 Å². The molecule has 0 spiro atoms. The van der Waals surface area contributed by atoms with Gasteiger partial charge in [-0.1, -0.05) is 38.1 Å². The molecule has 3 heteroatoms. The molecule has 1 aliphatic heterocycles. The topological polar surface area (TPSA) is 41.1 Å². The summed E-state index contributed by atoms with van der Waals surface area (Å²) in [5.74, 6) is 0.113. The van der Waals surface area contributed by atoms with E-state index in [2.05, 4.69) is 37.5 Å². The lowest BCUT2D eigenvalue weighted by Gasteiger charge is -2.39. The first-order valence-corrected chi connectivity index (χ1v) is 7.53. The first kappa shape index (κ1) is 15.0. The average molecular weight is 274 g/mol. The maximum atomic E-state index is 12.1. The number of hydrogen-bond acceptors (Lipinski definition) is 2. The molecule has 0 radical (unpaired) electrons. The van der Waals surface area contributed by atoms with Gasteiger partial charge in [-0.3, -0.25) is 4.79 Å². The SMILES string of the molecule is Cc1ccccc1CC(=O)NCC1NCCCC1(C)C. The fraction of sp³-hybridized carbons (Fsp3) is 0.588. The maximum Gasteiger partial charge on any atom is 0.224 e. The van der Waals surface area contributed by atoms with Crippen LogP contribution < -0.4 is 10.6 Å². The summed E-state index contributed by atoms with van der Waals surface area (Å²) in [4.78, 5) is 12.1. The first-order valence-electron chi connectivity index (χ1n) is 7.53. The summed E-state index contributed by atoms with van der Waals surface area (Å²) in [5.41, 5.74) is 2.55. The molecular weight excluding hydrogens is 248 g/mol. The van der Waals surface area contributed by atoms with Gasteiger partial charge in [0.15, 0.2) is 0 Å². The Morgan fingerprint density at radius 1 is 1.40 bits per heavy atom. The highest BCUT2D eigenvalue weighted by Gasteiger charge is 2.31. The highest BCUT2D eigenvalue weighted by Crippen LogP contribution is 2.29. The third-order valence-corrected chi connectivity index (χ3v) is 4.45. The zero-order valence-corrected chi connectivity index (χ0v) is 12.8. The van der Waals surface area contributed by atoms with Crippen LogP contribution >= 0.6 is 0 Å². The van der Waals surface area contributed by atoms with Gasteiger partial charge in [-0.15, -0.1) is 0 Å². The fourth-order valence-corrected chi connectivity index (χ4v) is 2.88. The lowest BCUT2D eigenvalue weighted by molar-refractivity contribution is -0.120. The molecule has 110 valence electrons. The Labute approximate surface area is 122 Å². The van der Waals surface area contributed by atoms with Gasteiger partial charge in [0.1, 0.15) is 0 Å². The van der Waals surface area contributed by atoms with Crippen LogP contribution in [0, 0.1) is 12.3 Å². The molecule has 1 amide bonds. The number of hydrogen-bond donors (Lipinski definition) is 2. The summed E-state index contributed by atoms with van der Waals surface area (Å²) in [5, 5.41) is 6.61. The van der Waals surface area contributed by atoms with Crippen molar-refractivity contribution in [1.29, 1.82) is 0 Å². The molecule has 0 bridgehead atoms. The van der Waals surface area contributed by atoms with Gasteiger partial charge in [0.05, 0.1) is 6.42 Å². The first-order chi connectivity index (χ1) is 9.49. The third kappa shape index (κ3) is 3.83. The second-order valence-electron chi connectivity index (χ2n) is 6.51. The van der Waals surface area contributed by atoms with Crippen LogP contribution in [0.4, 0.5) is 0 Å². The van der Waals surface area contributed by atoms with E-state index in [9.17, 15) is 4.79 Å². The minimum Gasteiger partial charge on any atom is -0.354 e. The molecule has 0 aliphatic carbocycles. The monoisotopic (exact) mass is 274 g/mol. The number of aryl methyl sites for hydroxylation is 1. The van der Waals surface area contributed by atoms with Crippen molar-refractivity contribution in [2.24, 2.45) is 5.41 Å². The van der Waals surface area contributed by atoms with Crippen LogP contribution in [0.1, 0.15) is 37.8 Å². The maximum absolute atomic E-state index is 12.1. The van der Waals surface area contributed by atoms with E-state index in [4.69, 9.17) is 0 Å². The number of amides is 1. The van der Waals surface area contributed by atoms with Gasteiger partial charge < -0.3 is 10.6 Å².